The molecular weight excluding hydrogens is 246 g/mol. The minimum atomic E-state index is 0.220. The summed E-state index contributed by atoms with van der Waals surface area (Å²) in [6.45, 7) is 0.879. The highest BCUT2D eigenvalue weighted by molar-refractivity contribution is 7.99. The molecule has 0 bridgehead atoms. The largest absolute Gasteiger partial charge is 0.378 e. The van der Waals surface area contributed by atoms with Crippen LogP contribution in [0.2, 0.25) is 0 Å². The number of hydrogen-bond acceptors (Lipinski definition) is 3. The SMILES string of the molecule is CS[C@@H]1CCC[C@H](NC(=O)CC[C@H]2CCCO2)C1. The Hall–Kier alpha value is -0.220. The number of ether oxygens (including phenoxy) is 1. The Kier molecular flexibility index (Phi) is 5.83. The number of carbonyl (C=O) groups is 1. The van der Waals surface area contributed by atoms with Gasteiger partial charge in [0.2, 0.25) is 5.91 Å². The Morgan fingerprint density at radius 1 is 1.33 bits per heavy atom. The first-order valence-electron chi connectivity index (χ1n) is 7.21. The summed E-state index contributed by atoms with van der Waals surface area (Å²) in [5, 5.41) is 3.94. The predicted molar refractivity (Wildman–Crippen MR) is 75.9 cm³/mol. The average molecular weight is 271 g/mol. The number of amides is 1. The number of rotatable bonds is 5. The van der Waals surface area contributed by atoms with Gasteiger partial charge in [0.1, 0.15) is 0 Å². The van der Waals surface area contributed by atoms with Crippen LogP contribution in [0.1, 0.15) is 51.4 Å². The van der Waals surface area contributed by atoms with Crippen LogP contribution in [0, 0.1) is 0 Å². The zero-order valence-electron chi connectivity index (χ0n) is 11.3. The molecule has 4 heteroatoms. The molecule has 0 aromatic rings. The molecule has 1 N–H and O–H groups in total. The van der Waals surface area contributed by atoms with Crippen molar-refractivity contribution < 1.29 is 9.53 Å². The summed E-state index contributed by atoms with van der Waals surface area (Å²) in [5.41, 5.74) is 0. The van der Waals surface area contributed by atoms with Crippen molar-refractivity contribution in [2.75, 3.05) is 12.9 Å². The van der Waals surface area contributed by atoms with Crippen molar-refractivity contribution in [3.63, 3.8) is 0 Å². The third-order valence-electron chi connectivity index (χ3n) is 4.04. The van der Waals surface area contributed by atoms with Crippen LogP contribution in [0.5, 0.6) is 0 Å². The molecule has 1 aliphatic heterocycles. The van der Waals surface area contributed by atoms with Crippen LogP contribution >= 0.6 is 11.8 Å². The molecule has 1 aliphatic carbocycles. The van der Waals surface area contributed by atoms with Crippen molar-refractivity contribution in [3.05, 3.63) is 0 Å². The van der Waals surface area contributed by atoms with E-state index < -0.39 is 0 Å². The van der Waals surface area contributed by atoms with Crippen molar-refractivity contribution in [2.45, 2.75) is 68.8 Å². The molecule has 104 valence electrons. The van der Waals surface area contributed by atoms with Crippen LogP contribution in [0.3, 0.4) is 0 Å². The first kappa shape index (κ1) is 14.2. The molecule has 0 spiro atoms. The van der Waals surface area contributed by atoms with Crippen LogP contribution < -0.4 is 5.32 Å². The quantitative estimate of drug-likeness (QED) is 0.835. The molecule has 1 heterocycles. The molecule has 3 atom stereocenters. The zero-order chi connectivity index (χ0) is 12.8. The monoisotopic (exact) mass is 271 g/mol. The second-order valence-corrected chi connectivity index (χ2v) is 6.60. The predicted octanol–water partition coefficient (Wildman–Crippen LogP) is 2.74. The third kappa shape index (κ3) is 4.47. The van der Waals surface area contributed by atoms with E-state index in [4.69, 9.17) is 4.74 Å². The van der Waals surface area contributed by atoms with Gasteiger partial charge in [0.15, 0.2) is 0 Å². The molecule has 1 saturated heterocycles. The Morgan fingerprint density at radius 2 is 2.22 bits per heavy atom. The van der Waals surface area contributed by atoms with Gasteiger partial charge in [-0.1, -0.05) is 6.42 Å². The third-order valence-corrected chi connectivity index (χ3v) is 5.14. The zero-order valence-corrected chi connectivity index (χ0v) is 12.1. The number of thioether (sulfide) groups is 1. The van der Waals surface area contributed by atoms with Gasteiger partial charge in [-0.15, -0.1) is 0 Å². The van der Waals surface area contributed by atoms with Crippen molar-refractivity contribution in [2.24, 2.45) is 0 Å². The summed E-state index contributed by atoms with van der Waals surface area (Å²) in [5.74, 6) is 0.220. The topological polar surface area (TPSA) is 38.3 Å². The van der Waals surface area contributed by atoms with E-state index in [-0.39, 0.29) is 5.91 Å². The van der Waals surface area contributed by atoms with Gasteiger partial charge in [0, 0.05) is 24.3 Å². The first-order chi connectivity index (χ1) is 8.78. The highest BCUT2D eigenvalue weighted by Crippen LogP contribution is 2.27. The van der Waals surface area contributed by atoms with Gasteiger partial charge in [-0.25, -0.2) is 0 Å². The first-order valence-corrected chi connectivity index (χ1v) is 8.50. The molecule has 0 unspecified atom stereocenters. The fraction of sp³-hybridized carbons (Fsp3) is 0.929. The molecule has 18 heavy (non-hydrogen) atoms. The van der Waals surface area contributed by atoms with E-state index in [1.807, 2.05) is 11.8 Å². The van der Waals surface area contributed by atoms with Crippen LogP contribution in [0.25, 0.3) is 0 Å². The molecule has 1 saturated carbocycles. The normalized spacial score (nSPS) is 32.4. The minimum absolute atomic E-state index is 0.220. The van der Waals surface area contributed by atoms with Gasteiger partial charge in [-0.05, 0) is 44.8 Å². The van der Waals surface area contributed by atoms with Crippen LogP contribution in [-0.4, -0.2) is 36.2 Å². The van der Waals surface area contributed by atoms with E-state index in [0.29, 0.717) is 18.6 Å². The average Bonchev–Trinajstić information content (AvgIpc) is 2.90. The Bertz CT molecular complexity index is 267. The smallest absolute Gasteiger partial charge is 0.220 e. The van der Waals surface area contributed by atoms with E-state index in [1.54, 1.807) is 0 Å². The molecule has 2 aliphatic rings. The highest BCUT2D eigenvalue weighted by Gasteiger charge is 2.23. The van der Waals surface area contributed by atoms with Gasteiger partial charge in [-0.2, -0.15) is 11.8 Å². The van der Waals surface area contributed by atoms with Gasteiger partial charge in [0.25, 0.3) is 0 Å². The molecule has 3 nitrogen and oxygen atoms in total. The molecular formula is C14H25NO2S. The van der Waals surface area contributed by atoms with Crippen molar-refractivity contribution in [1.29, 1.82) is 0 Å². The van der Waals surface area contributed by atoms with Crippen molar-refractivity contribution in [3.8, 4) is 0 Å². The molecule has 1 amide bonds. The van der Waals surface area contributed by atoms with E-state index in [0.717, 1.165) is 44.0 Å². The van der Waals surface area contributed by atoms with Crippen molar-refractivity contribution in [1.82, 2.24) is 5.32 Å². The maximum atomic E-state index is 11.9. The lowest BCUT2D eigenvalue weighted by Crippen LogP contribution is -2.39. The summed E-state index contributed by atoms with van der Waals surface area (Å²) in [6.07, 6.45) is 11.2. The second-order valence-electron chi connectivity index (χ2n) is 5.46. The molecule has 0 radical (unpaired) electrons. The number of nitrogens with one attached hydrogen (secondary N) is 1. The van der Waals surface area contributed by atoms with Crippen molar-refractivity contribution >= 4 is 17.7 Å². The van der Waals surface area contributed by atoms with Gasteiger partial charge < -0.3 is 10.1 Å². The number of carbonyl (C=O) groups excluding carboxylic acids is 1. The second kappa shape index (κ2) is 7.39. The lowest BCUT2D eigenvalue weighted by atomic mass is 9.95. The van der Waals surface area contributed by atoms with Gasteiger partial charge >= 0.3 is 0 Å². The number of hydrogen-bond donors (Lipinski definition) is 1. The van der Waals surface area contributed by atoms with Gasteiger partial charge in [0.05, 0.1) is 6.10 Å². The van der Waals surface area contributed by atoms with Gasteiger partial charge in [-0.3, -0.25) is 4.79 Å². The maximum Gasteiger partial charge on any atom is 0.220 e. The summed E-state index contributed by atoms with van der Waals surface area (Å²) in [4.78, 5) is 11.9. The highest BCUT2D eigenvalue weighted by atomic mass is 32.2. The van der Waals surface area contributed by atoms with E-state index >= 15 is 0 Å². The van der Waals surface area contributed by atoms with E-state index in [2.05, 4.69) is 11.6 Å². The standard InChI is InChI=1S/C14H25NO2S/c1-18-13-6-2-4-11(10-13)15-14(16)8-7-12-5-3-9-17-12/h11-13H,2-10H2,1H3,(H,15,16)/t11-,12+,13+/m0/s1. The summed E-state index contributed by atoms with van der Waals surface area (Å²) >= 11 is 1.94. The molecule has 2 fully saturated rings. The fourth-order valence-electron chi connectivity index (χ4n) is 2.95. The minimum Gasteiger partial charge on any atom is -0.378 e. The van der Waals surface area contributed by atoms with E-state index in [9.17, 15) is 4.79 Å². The lowest BCUT2D eigenvalue weighted by molar-refractivity contribution is -0.122. The summed E-state index contributed by atoms with van der Waals surface area (Å²) in [6, 6.07) is 0.410. The van der Waals surface area contributed by atoms with Crippen LogP contribution in [-0.2, 0) is 9.53 Å². The fourth-order valence-corrected chi connectivity index (χ4v) is 3.78. The lowest BCUT2D eigenvalue weighted by Gasteiger charge is -2.28. The molecule has 0 aromatic heterocycles. The maximum absolute atomic E-state index is 11.9. The summed E-state index contributed by atoms with van der Waals surface area (Å²) in [7, 11) is 0. The Labute approximate surface area is 114 Å². The Balaban J connectivity index is 1.63. The van der Waals surface area contributed by atoms with Crippen LogP contribution in [0.4, 0.5) is 0 Å². The van der Waals surface area contributed by atoms with E-state index in [1.165, 1.54) is 12.8 Å². The molecule has 0 aromatic carbocycles. The Morgan fingerprint density at radius 3 is 2.94 bits per heavy atom. The summed E-state index contributed by atoms with van der Waals surface area (Å²) < 4.78 is 5.54. The molecule has 2 rings (SSSR count). The van der Waals surface area contributed by atoms with Crippen LogP contribution in [0.15, 0.2) is 0 Å².